The highest BCUT2D eigenvalue weighted by Crippen LogP contribution is 2.32. The van der Waals surface area contributed by atoms with Crippen molar-refractivity contribution in [2.24, 2.45) is 5.10 Å². The molecule has 6 heteroatoms. The van der Waals surface area contributed by atoms with Crippen LogP contribution in [0.3, 0.4) is 0 Å². The topological polar surface area (TPSA) is 69.2 Å². The Kier molecular flexibility index (Phi) is 4.15. The third-order valence-electron chi connectivity index (χ3n) is 4.15. The molecule has 0 unspecified atom stereocenters. The molecular weight excluding hydrogens is 332 g/mol. The molecule has 0 bridgehead atoms. The number of hydrazone groups is 1. The Labute approximate surface area is 150 Å². The Balaban J connectivity index is 1.57. The van der Waals surface area contributed by atoms with Crippen LogP contribution in [-0.4, -0.2) is 26.0 Å². The zero-order valence-corrected chi connectivity index (χ0v) is 14.1. The summed E-state index contributed by atoms with van der Waals surface area (Å²) in [6.07, 6.45) is 1.59. The molecule has 0 spiro atoms. The largest absolute Gasteiger partial charge is 0.496 e. The van der Waals surface area contributed by atoms with Crippen LogP contribution in [0.5, 0.6) is 17.2 Å². The Morgan fingerprint density at radius 1 is 1.12 bits per heavy atom. The monoisotopic (exact) mass is 348 g/mol. The van der Waals surface area contributed by atoms with Crippen LogP contribution >= 0.6 is 0 Å². The van der Waals surface area contributed by atoms with Crippen molar-refractivity contribution in [3.63, 3.8) is 0 Å². The molecule has 1 N–H and O–H groups in total. The van der Waals surface area contributed by atoms with E-state index >= 15 is 0 Å². The molecule has 26 heavy (non-hydrogen) atoms. The van der Waals surface area contributed by atoms with Crippen LogP contribution in [0.4, 0.5) is 0 Å². The number of nitrogens with zero attached hydrogens (tertiary/aromatic N) is 1. The lowest BCUT2D eigenvalue weighted by molar-refractivity contribution is 0.0954. The summed E-state index contributed by atoms with van der Waals surface area (Å²) >= 11 is 0. The second-order valence-electron chi connectivity index (χ2n) is 5.67. The molecule has 0 fully saturated rings. The van der Waals surface area contributed by atoms with Crippen molar-refractivity contribution in [2.75, 3.05) is 13.9 Å². The number of hydrogen-bond donors (Lipinski definition) is 1. The molecule has 0 aliphatic carbocycles. The van der Waals surface area contributed by atoms with E-state index in [9.17, 15) is 4.79 Å². The molecule has 0 saturated heterocycles. The van der Waals surface area contributed by atoms with Crippen LogP contribution in [0.25, 0.3) is 10.8 Å². The molecule has 0 saturated carbocycles. The third-order valence-corrected chi connectivity index (χ3v) is 4.15. The van der Waals surface area contributed by atoms with Gasteiger partial charge in [-0.3, -0.25) is 4.79 Å². The summed E-state index contributed by atoms with van der Waals surface area (Å²) < 4.78 is 15.9. The predicted octanol–water partition coefficient (Wildman–Crippen LogP) is 3.34. The lowest BCUT2D eigenvalue weighted by Crippen LogP contribution is -2.17. The summed E-state index contributed by atoms with van der Waals surface area (Å²) in [5.74, 6) is 1.53. The molecule has 0 aromatic heterocycles. The number of ether oxygens (including phenoxy) is 3. The zero-order valence-electron chi connectivity index (χ0n) is 14.1. The van der Waals surface area contributed by atoms with Crippen molar-refractivity contribution in [1.82, 2.24) is 5.43 Å². The molecule has 1 amide bonds. The SMILES string of the molecule is COc1ccc2ccccc2c1/C=N\NC(=O)c1ccc2c(c1)OCO2. The Hall–Kier alpha value is -3.54. The van der Waals surface area contributed by atoms with E-state index < -0.39 is 0 Å². The number of carbonyl (C=O) groups is 1. The van der Waals surface area contributed by atoms with Gasteiger partial charge in [-0.05, 0) is 35.0 Å². The first-order chi connectivity index (χ1) is 12.8. The number of fused-ring (bicyclic) bond motifs is 2. The summed E-state index contributed by atoms with van der Waals surface area (Å²) in [5.41, 5.74) is 3.78. The van der Waals surface area contributed by atoms with Crippen LogP contribution in [0.15, 0.2) is 59.7 Å². The van der Waals surface area contributed by atoms with Gasteiger partial charge < -0.3 is 14.2 Å². The number of hydrogen-bond acceptors (Lipinski definition) is 5. The number of methoxy groups -OCH3 is 1. The molecule has 1 aliphatic heterocycles. The number of amides is 1. The Morgan fingerprint density at radius 3 is 2.85 bits per heavy atom. The van der Waals surface area contributed by atoms with Gasteiger partial charge in [-0.25, -0.2) is 5.43 Å². The van der Waals surface area contributed by atoms with E-state index in [1.165, 1.54) is 0 Å². The van der Waals surface area contributed by atoms with Gasteiger partial charge in [-0.2, -0.15) is 5.10 Å². The van der Waals surface area contributed by atoms with Gasteiger partial charge in [0, 0.05) is 11.1 Å². The Bertz CT molecular complexity index is 1010. The number of carbonyl (C=O) groups excluding carboxylic acids is 1. The van der Waals surface area contributed by atoms with Crippen molar-refractivity contribution in [3.05, 3.63) is 65.7 Å². The first-order valence-corrected chi connectivity index (χ1v) is 8.05. The molecule has 0 radical (unpaired) electrons. The van der Waals surface area contributed by atoms with E-state index in [0.717, 1.165) is 16.3 Å². The van der Waals surface area contributed by atoms with Gasteiger partial charge in [0.2, 0.25) is 6.79 Å². The average molecular weight is 348 g/mol. The van der Waals surface area contributed by atoms with E-state index in [0.29, 0.717) is 22.8 Å². The number of nitrogens with one attached hydrogen (secondary N) is 1. The second-order valence-corrected chi connectivity index (χ2v) is 5.67. The maximum atomic E-state index is 12.3. The fourth-order valence-corrected chi connectivity index (χ4v) is 2.84. The molecule has 0 atom stereocenters. The minimum atomic E-state index is -0.334. The molecule has 130 valence electrons. The molecule has 1 aliphatic rings. The third kappa shape index (κ3) is 2.93. The van der Waals surface area contributed by atoms with E-state index in [1.807, 2.05) is 36.4 Å². The van der Waals surface area contributed by atoms with Crippen LogP contribution in [0.1, 0.15) is 15.9 Å². The van der Waals surface area contributed by atoms with Gasteiger partial charge in [0.15, 0.2) is 11.5 Å². The first kappa shape index (κ1) is 16.0. The lowest BCUT2D eigenvalue weighted by atomic mass is 10.0. The second kappa shape index (κ2) is 6.76. The zero-order chi connectivity index (χ0) is 17.9. The minimum Gasteiger partial charge on any atom is -0.496 e. The van der Waals surface area contributed by atoms with Crippen molar-refractivity contribution >= 4 is 22.9 Å². The van der Waals surface area contributed by atoms with E-state index in [2.05, 4.69) is 10.5 Å². The molecule has 4 rings (SSSR count). The van der Waals surface area contributed by atoms with Crippen molar-refractivity contribution in [2.45, 2.75) is 0 Å². The summed E-state index contributed by atoms with van der Waals surface area (Å²) in [5, 5.41) is 6.15. The summed E-state index contributed by atoms with van der Waals surface area (Å²) in [4.78, 5) is 12.3. The van der Waals surface area contributed by atoms with Crippen LogP contribution in [0, 0.1) is 0 Å². The van der Waals surface area contributed by atoms with Gasteiger partial charge in [-0.15, -0.1) is 0 Å². The highest BCUT2D eigenvalue weighted by molar-refractivity contribution is 6.03. The van der Waals surface area contributed by atoms with Gasteiger partial charge >= 0.3 is 0 Å². The quantitative estimate of drug-likeness (QED) is 0.580. The number of benzene rings is 3. The molecular formula is C20H16N2O4. The minimum absolute atomic E-state index is 0.166. The van der Waals surface area contributed by atoms with E-state index in [1.54, 1.807) is 31.5 Å². The highest BCUT2D eigenvalue weighted by Gasteiger charge is 2.16. The van der Waals surface area contributed by atoms with E-state index in [-0.39, 0.29) is 12.7 Å². The maximum absolute atomic E-state index is 12.3. The highest BCUT2D eigenvalue weighted by atomic mass is 16.7. The predicted molar refractivity (Wildman–Crippen MR) is 98.1 cm³/mol. The van der Waals surface area contributed by atoms with Crippen molar-refractivity contribution < 1.29 is 19.0 Å². The summed E-state index contributed by atoms with van der Waals surface area (Å²) in [7, 11) is 1.60. The van der Waals surface area contributed by atoms with Crippen LogP contribution < -0.4 is 19.6 Å². The fraction of sp³-hybridized carbons (Fsp3) is 0.100. The van der Waals surface area contributed by atoms with Gasteiger partial charge in [0.05, 0.1) is 13.3 Å². The normalized spacial score (nSPS) is 12.5. The maximum Gasteiger partial charge on any atom is 0.271 e. The smallest absolute Gasteiger partial charge is 0.271 e. The number of rotatable bonds is 4. The lowest BCUT2D eigenvalue weighted by Gasteiger charge is -2.08. The van der Waals surface area contributed by atoms with Gasteiger partial charge in [0.25, 0.3) is 5.91 Å². The van der Waals surface area contributed by atoms with Crippen molar-refractivity contribution in [3.8, 4) is 17.2 Å². The van der Waals surface area contributed by atoms with Gasteiger partial charge in [-0.1, -0.05) is 30.3 Å². The fourth-order valence-electron chi connectivity index (χ4n) is 2.84. The first-order valence-electron chi connectivity index (χ1n) is 8.05. The molecule has 3 aromatic rings. The van der Waals surface area contributed by atoms with Crippen molar-refractivity contribution in [1.29, 1.82) is 0 Å². The van der Waals surface area contributed by atoms with E-state index in [4.69, 9.17) is 14.2 Å². The van der Waals surface area contributed by atoms with Crippen LogP contribution in [0.2, 0.25) is 0 Å². The molecule has 3 aromatic carbocycles. The average Bonchev–Trinajstić information content (AvgIpc) is 3.15. The summed E-state index contributed by atoms with van der Waals surface area (Å²) in [6.45, 7) is 0.166. The standard InChI is InChI=1S/C20H16N2O4/c1-24-17-8-6-13-4-2-3-5-15(13)16(17)11-21-22-20(23)14-7-9-18-19(10-14)26-12-25-18/h2-11H,12H2,1H3,(H,22,23)/b21-11-. The Morgan fingerprint density at radius 2 is 1.96 bits per heavy atom. The van der Waals surface area contributed by atoms with Gasteiger partial charge in [0.1, 0.15) is 5.75 Å². The molecule has 6 nitrogen and oxygen atoms in total. The molecule has 1 heterocycles. The summed E-state index contributed by atoms with van der Waals surface area (Å²) in [6, 6.07) is 16.8. The van der Waals surface area contributed by atoms with Crippen LogP contribution in [-0.2, 0) is 0 Å².